The second kappa shape index (κ2) is 10.1. The van der Waals surface area contributed by atoms with Crippen LogP contribution >= 0.6 is 11.3 Å². The molecule has 1 aliphatic rings. The normalized spacial score (nSPS) is 13.6. The zero-order valence-corrected chi connectivity index (χ0v) is 19.4. The van der Waals surface area contributed by atoms with Crippen LogP contribution in [0.2, 0.25) is 0 Å². The molecule has 4 rings (SSSR count). The molecule has 0 spiro atoms. The molecule has 0 saturated heterocycles. The van der Waals surface area contributed by atoms with Crippen LogP contribution in [-0.2, 0) is 35.1 Å². The number of thiophene rings is 1. The monoisotopic (exact) mass is 494 g/mol. The molecule has 2 aromatic heterocycles. The molecular formula is C23H25F3N4O3S. The highest BCUT2D eigenvalue weighted by Crippen LogP contribution is 2.38. The molecule has 7 nitrogen and oxygen atoms in total. The number of anilines is 1. The van der Waals surface area contributed by atoms with E-state index in [1.807, 2.05) is 0 Å². The van der Waals surface area contributed by atoms with Gasteiger partial charge in [0.2, 0.25) is 11.7 Å². The van der Waals surface area contributed by atoms with Crippen LogP contribution in [0.25, 0.3) is 11.0 Å². The number of rotatable bonds is 8. The third-order valence-corrected chi connectivity index (χ3v) is 6.88. The highest BCUT2D eigenvalue weighted by molar-refractivity contribution is 7.17. The fraction of sp³-hybridized carbons (Fsp3) is 0.435. The minimum atomic E-state index is -4.71. The van der Waals surface area contributed by atoms with Gasteiger partial charge in [0.1, 0.15) is 11.5 Å². The fourth-order valence-electron chi connectivity index (χ4n) is 4.16. The zero-order valence-electron chi connectivity index (χ0n) is 18.6. The lowest BCUT2D eigenvalue weighted by Crippen LogP contribution is -2.28. The largest absolute Gasteiger partial charge is 0.449 e. The smallest absolute Gasteiger partial charge is 0.385 e. The van der Waals surface area contributed by atoms with E-state index in [1.165, 1.54) is 23.5 Å². The number of hydrogen-bond acceptors (Lipinski definition) is 5. The molecule has 11 heteroatoms. The van der Waals surface area contributed by atoms with Gasteiger partial charge in [-0.25, -0.2) is 4.98 Å². The summed E-state index contributed by atoms with van der Waals surface area (Å²) in [5.41, 5.74) is 1.70. The molecule has 0 fully saturated rings. The van der Waals surface area contributed by atoms with Crippen LogP contribution in [0.3, 0.4) is 0 Å². The molecular weight excluding hydrogens is 469 g/mol. The SMILES string of the molecule is COCCCNC(=O)c1c(NC(=O)Cn2c(C(F)(F)F)nc3ccccc32)sc2c1CCCC2. The van der Waals surface area contributed by atoms with Gasteiger partial charge in [-0.3, -0.25) is 9.59 Å². The van der Waals surface area contributed by atoms with E-state index in [9.17, 15) is 22.8 Å². The molecule has 0 unspecified atom stereocenters. The van der Waals surface area contributed by atoms with Crippen LogP contribution in [-0.4, -0.2) is 41.6 Å². The van der Waals surface area contributed by atoms with Gasteiger partial charge in [-0.1, -0.05) is 12.1 Å². The second-order valence-corrected chi connectivity index (χ2v) is 9.18. The molecule has 182 valence electrons. The third-order valence-electron chi connectivity index (χ3n) is 5.67. The van der Waals surface area contributed by atoms with E-state index in [1.54, 1.807) is 19.2 Å². The Labute approximate surface area is 198 Å². The van der Waals surface area contributed by atoms with Gasteiger partial charge in [0.05, 0.1) is 16.6 Å². The molecule has 0 radical (unpaired) electrons. The summed E-state index contributed by atoms with van der Waals surface area (Å²) in [6, 6.07) is 6.15. The number of fused-ring (bicyclic) bond motifs is 2. The Morgan fingerprint density at radius 2 is 1.97 bits per heavy atom. The number of alkyl halides is 3. The summed E-state index contributed by atoms with van der Waals surface area (Å²) in [6.07, 6.45) is -0.599. The molecule has 2 N–H and O–H groups in total. The van der Waals surface area contributed by atoms with Gasteiger partial charge in [0, 0.05) is 25.1 Å². The molecule has 0 aliphatic heterocycles. The Morgan fingerprint density at radius 1 is 1.21 bits per heavy atom. The summed E-state index contributed by atoms with van der Waals surface area (Å²) in [6.45, 7) is 0.347. The maximum absolute atomic E-state index is 13.6. The maximum Gasteiger partial charge on any atom is 0.449 e. The lowest BCUT2D eigenvalue weighted by atomic mass is 9.95. The van der Waals surface area contributed by atoms with Gasteiger partial charge in [-0.05, 0) is 49.8 Å². The first-order valence-electron chi connectivity index (χ1n) is 11.0. The molecule has 1 aliphatic carbocycles. The lowest BCUT2D eigenvalue weighted by Gasteiger charge is -2.14. The van der Waals surface area contributed by atoms with Crippen LogP contribution in [0.1, 0.15) is 45.9 Å². The topological polar surface area (TPSA) is 85.3 Å². The average molecular weight is 495 g/mol. The quantitative estimate of drug-likeness (QED) is 0.455. The predicted molar refractivity (Wildman–Crippen MR) is 123 cm³/mol. The van der Waals surface area contributed by atoms with Crippen LogP contribution in [0.5, 0.6) is 0 Å². The van der Waals surface area contributed by atoms with Crippen LogP contribution < -0.4 is 10.6 Å². The number of hydrogen-bond donors (Lipinski definition) is 2. The summed E-state index contributed by atoms with van der Waals surface area (Å²) < 4.78 is 46.6. The van der Waals surface area contributed by atoms with Gasteiger partial charge in [-0.2, -0.15) is 13.2 Å². The summed E-state index contributed by atoms with van der Waals surface area (Å²) in [4.78, 5) is 30.6. The molecule has 0 atom stereocenters. The first-order chi connectivity index (χ1) is 16.3. The number of ether oxygens (including phenoxy) is 1. The van der Waals surface area contributed by atoms with E-state index >= 15 is 0 Å². The number of aromatic nitrogens is 2. The number of para-hydroxylation sites is 2. The Kier molecular flexibility index (Phi) is 7.22. The van der Waals surface area contributed by atoms with E-state index in [4.69, 9.17) is 4.74 Å². The fourth-order valence-corrected chi connectivity index (χ4v) is 5.47. The Hall–Kier alpha value is -2.92. The van der Waals surface area contributed by atoms with Crippen molar-refractivity contribution in [3.63, 3.8) is 0 Å². The van der Waals surface area contributed by atoms with Crippen molar-refractivity contribution in [1.29, 1.82) is 0 Å². The van der Waals surface area contributed by atoms with Gasteiger partial charge in [0.25, 0.3) is 5.91 Å². The van der Waals surface area contributed by atoms with E-state index in [2.05, 4.69) is 15.6 Å². The molecule has 0 saturated carbocycles. The van der Waals surface area contributed by atoms with Gasteiger partial charge in [-0.15, -0.1) is 11.3 Å². The number of methoxy groups -OCH3 is 1. The number of nitrogens with zero attached hydrogens (tertiary/aromatic N) is 2. The van der Waals surface area contributed by atoms with E-state index in [0.29, 0.717) is 30.1 Å². The summed E-state index contributed by atoms with van der Waals surface area (Å²) in [7, 11) is 1.58. The highest BCUT2D eigenvalue weighted by atomic mass is 32.1. The van der Waals surface area contributed by atoms with Crippen molar-refractivity contribution in [2.24, 2.45) is 0 Å². The van der Waals surface area contributed by atoms with Crippen molar-refractivity contribution < 1.29 is 27.5 Å². The van der Waals surface area contributed by atoms with E-state index in [-0.39, 0.29) is 16.9 Å². The second-order valence-electron chi connectivity index (χ2n) is 8.07. The zero-order chi connectivity index (χ0) is 24.3. The molecule has 0 bridgehead atoms. The number of halogens is 3. The molecule has 2 heterocycles. The summed E-state index contributed by atoms with van der Waals surface area (Å²) in [5.74, 6) is -2.08. The Morgan fingerprint density at radius 3 is 2.74 bits per heavy atom. The summed E-state index contributed by atoms with van der Waals surface area (Å²) >= 11 is 1.32. The highest BCUT2D eigenvalue weighted by Gasteiger charge is 2.38. The number of amides is 2. The molecule has 1 aromatic carbocycles. The number of aryl methyl sites for hydroxylation is 1. The third kappa shape index (κ3) is 5.10. The Balaban J connectivity index is 1.59. The lowest BCUT2D eigenvalue weighted by molar-refractivity contribution is -0.147. The number of nitrogens with one attached hydrogen (secondary N) is 2. The van der Waals surface area contributed by atoms with Crippen molar-refractivity contribution in [2.45, 2.75) is 44.8 Å². The standard InChI is InChI=1S/C23H25F3N4O3S/c1-33-12-6-11-27-20(32)19-14-7-2-5-10-17(14)34-21(19)29-18(31)13-30-16-9-4-3-8-15(16)28-22(30)23(24,25)26/h3-4,8-9H,2,5-7,10-13H2,1H3,(H,27,32)(H,29,31). The van der Waals surface area contributed by atoms with Crippen LogP contribution in [0, 0.1) is 0 Å². The maximum atomic E-state index is 13.6. The van der Waals surface area contributed by atoms with Gasteiger partial charge in [0.15, 0.2) is 0 Å². The van der Waals surface area contributed by atoms with E-state index in [0.717, 1.165) is 40.7 Å². The summed E-state index contributed by atoms with van der Waals surface area (Å²) in [5, 5.41) is 5.94. The minimum Gasteiger partial charge on any atom is -0.385 e. The molecule has 34 heavy (non-hydrogen) atoms. The van der Waals surface area contributed by atoms with Gasteiger partial charge >= 0.3 is 6.18 Å². The van der Waals surface area contributed by atoms with Crippen molar-refractivity contribution >= 4 is 39.2 Å². The van der Waals surface area contributed by atoms with Crippen LogP contribution in [0.15, 0.2) is 24.3 Å². The van der Waals surface area contributed by atoms with Gasteiger partial charge < -0.3 is 19.9 Å². The van der Waals surface area contributed by atoms with E-state index < -0.39 is 24.5 Å². The van der Waals surface area contributed by atoms with Crippen LogP contribution in [0.4, 0.5) is 18.2 Å². The minimum absolute atomic E-state index is 0.158. The average Bonchev–Trinajstić information content (AvgIpc) is 3.35. The van der Waals surface area contributed by atoms with Crippen molar-refractivity contribution in [2.75, 3.05) is 25.6 Å². The first-order valence-corrected chi connectivity index (χ1v) is 11.8. The Bertz CT molecular complexity index is 1200. The first kappa shape index (κ1) is 24.2. The molecule has 3 aromatic rings. The van der Waals surface area contributed by atoms with Crippen molar-refractivity contribution in [3.8, 4) is 0 Å². The number of imidazole rings is 1. The number of carbonyl (C=O) groups excluding carboxylic acids is 2. The van der Waals surface area contributed by atoms with Crippen molar-refractivity contribution in [3.05, 3.63) is 46.1 Å². The van der Waals surface area contributed by atoms with Crippen molar-refractivity contribution in [1.82, 2.24) is 14.9 Å². The number of carbonyl (C=O) groups is 2. The predicted octanol–water partition coefficient (Wildman–Crippen LogP) is 4.40. The number of benzene rings is 1. The molecule has 2 amide bonds.